The predicted octanol–water partition coefficient (Wildman–Crippen LogP) is 17.2. The maximum atomic E-state index is 13.7. The number of furan rings is 1. The molecule has 4 saturated heterocycles. The lowest BCUT2D eigenvalue weighted by Gasteiger charge is -2.42. The van der Waals surface area contributed by atoms with Crippen LogP contribution in [0.15, 0.2) is 121 Å². The van der Waals surface area contributed by atoms with Crippen LogP contribution in [0.5, 0.6) is 5.75 Å². The second kappa shape index (κ2) is 41.3. The van der Waals surface area contributed by atoms with E-state index in [0.717, 1.165) is 39.8 Å². The van der Waals surface area contributed by atoms with Gasteiger partial charge in [-0.25, -0.2) is 61.8 Å². The normalized spacial score (nSPS) is 17.5. The van der Waals surface area contributed by atoms with Gasteiger partial charge in [0, 0.05) is 138 Å². The molecule has 738 valence electrons. The Hall–Kier alpha value is -14.0. The third-order valence-corrected chi connectivity index (χ3v) is 29.2. The Kier molecular flexibility index (Phi) is 28.9. The zero-order valence-electron chi connectivity index (χ0n) is 78.2. The first-order valence-electron chi connectivity index (χ1n) is 45.5. The molecule has 4 unspecified atom stereocenters. The van der Waals surface area contributed by atoms with Gasteiger partial charge in [-0.2, -0.15) is 33.1 Å². The standard InChI is InChI=1S/C26H25FN6O3S.C24H26F2N6O2S.C23H22F4N6O2S.C23H21FN6O3S/c1-14(18-8-19(27)11-28-10-18)29-26-31-22(23-24(32-26)30-15(2)37-23)25(35)33-12-16(13-33)7-21(34)17-5-4-6-20(9-17)36-3;1-12(15-5-17(25)9-27-8-15)28-23-30-19(20-21(31-23)29-13(2)35-20)22(34)32-10-14(11-32)4-18(33)16-6-24(3,26)7-16;1-11(14-6-15(24)8-28-7-14)29-21-31-17(18-19(32-21)30-12(2)36-18)20(35)33-9-13(10-33)5-16(34)22(3-4-22)23(25,26)27;1-12(16-6-17(24)8-25-7-16)26-23-28-19(20-21(29-23)27-13(2)34-20)22(32)30-9-14(10-30)5-18(31)15-3-4-33-11-15/h4-6,8-11,14,16H,7,12-13H2,1-3H3,(H,29,31,32);5,8-9,12,14,16H,4,6-7,10-11H2,1-3H3,(H,28,30,31);6-8,11,13H,3-5,9-10H2,1-2H3,(H,29,31,32);3-4,6-8,11-12,14H,5,9-10H2,1-2H3,(H,26,28,29). The molecule has 142 heavy (non-hydrogen) atoms. The van der Waals surface area contributed by atoms with Gasteiger partial charge in [0.15, 0.2) is 56.9 Å². The SMILES string of the molecule is COc1cccc(C(=O)CC2CN(C(=O)c3nc(NC(C)c4cncc(F)c4)nc4nc(C)sc34)C2)c1.Cc1nc2nc(NC(C)c3cncc(F)c3)nc(C(=O)N3CC(CC(=O)C4(C(F)(F)F)CC4)C3)c2s1.Cc1nc2nc(NC(C)c3cncc(F)c3)nc(C(=O)N3CC(CC(=O)C4CC(C)(F)C4)C3)c2s1.Cc1nc2nc(NC(C)c3cncc(F)c3)nc(C(=O)N3CC(CC(=O)c4ccoc4)C3)c2s1. The van der Waals surface area contributed by atoms with Crippen molar-refractivity contribution in [3.8, 4) is 5.75 Å². The first-order valence-corrected chi connectivity index (χ1v) is 48.8. The molecule has 4 amide bonds. The molecule has 0 radical (unpaired) electrons. The highest BCUT2D eigenvalue weighted by atomic mass is 32.1. The summed E-state index contributed by atoms with van der Waals surface area (Å²) in [6.07, 6.45) is 10.2. The minimum Gasteiger partial charge on any atom is -0.497 e. The van der Waals surface area contributed by atoms with Crippen LogP contribution in [-0.4, -0.2) is 217 Å². The van der Waals surface area contributed by atoms with Crippen LogP contribution in [0.3, 0.4) is 0 Å². The lowest BCUT2D eigenvalue weighted by atomic mass is 9.70. The number of amides is 4. The molecule has 2 aliphatic carbocycles. The van der Waals surface area contributed by atoms with Gasteiger partial charge in [-0.3, -0.25) is 58.3 Å². The molecule has 6 fully saturated rings. The Labute approximate surface area is 821 Å². The minimum absolute atomic E-state index is 0.000620. The summed E-state index contributed by atoms with van der Waals surface area (Å²) < 4.78 is 120. The van der Waals surface area contributed by atoms with E-state index in [1.165, 1.54) is 100 Å². The quantitative estimate of drug-likeness (QED) is 0.0250. The van der Waals surface area contributed by atoms with Crippen LogP contribution < -0.4 is 26.0 Å². The summed E-state index contributed by atoms with van der Waals surface area (Å²) in [5.74, 6) is -2.45. The average Bonchev–Trinajstić information content (AvgIpc) is 1.58. The van der Waals surface area contributed by atoms with Gasteiger partial charge >= 0.3 is 6.18 Å². The van der Waals surface area contributed by atoms with Crippen LogP contribution >= 0.6 is 45.3 Å². The topological polar surface area (TPSA) is 426 Å². The summed E-state index contributed by atoms with van der Waals surface area (Å²) in [5, 5.41) is 15.4. The van der Waals surface area contributed by atoms with E-state index >= 15 is 0 Å². The number of hydrogen-bond acceptors (Lipinski definition) is 34. The van der Waals surface area contributed by atoms with E-state index in [-0.39, 0.29) is 162 Å². The summed E-state index contributed by atoms with van der Waals surface area (Å²) in [4.78, 5) is 178. The number of methoxy groups -OCH3 is 1. The molecular formula is C96H94F8N24O10S4. The third-order valence-electron chi connectivity index (χ3n) is 25.3. The van der Waals surface area contributed by atoms with Crippen LogP contribution in [0, 0.1) is 86.0 Å². The maximum Gasteiger partial charge on any atom is 0.401 e. The largest absolute Gasteiger partial charge is 0.497 e. The van der Waals surface area contributed by atoms with Gasteiger partial charge in [-0.15, -0.1) is 45.3 Å². The van der Waals surface area contributed by atoms with Crippen molar-refractivity contribution < 1.29 is 82.6 Å². The number of alkyl halides is 4. The Balaban J connectivity index is 0.000000130. The van der Waals surface area contributed by atoms with Crippen molar-refractivity contribution in [1.29, 1.82) is 0 Å². The van der Waals surface area contributed by atoms with Crippen molar-refractivity contribution in [2.24, 2.45) is 35.0 Å². The molecule has 46 heteroatoms. The van der Waals surface area contributed by atoms with E-state index in [2.05, 4.69) is 101 Å². The number of aromatic nitrogens is 16. The number of nitrogens with zero attached hydrogens (tertiary/aromatic N) is 20. The molecule has 4 N–H and O–H groups in total. The Morgan fingerprint density at radius 1 is 0.437 bits per heavy atom. The molecule has 20 rings (SSSR count). The number of halogens is 8. The Morgan fingerprint density at radius 3 is 1.04 bits per heavy atom. The zero-order valence-corrected chi connectivity index (χ0v) is 81.4. The number of benzene rings is 1. The number of hydrogen-bond donors (Lipinski definition) is 4. The highest BCUT2D eigenvalue weighted by molar-refractivity contribution is 7.20. The number of rotatable bonds is 29. The first kappa shape index (κ1) is 99.5. The summed E-state index contributed by atoms with van der Waals surface area (Å²) in [6, 6.07) is 12.7. The second-order valence-electron chi connectivity index (χ2n) is 36.5. The van der Waals surface area contributed by atoms with Gasteiger partial charge in [0.05, 0.1) is 87.9 Å². The van der Waals surface area contributed by atoms with E-state index in [1.807, 2.05) is 41.5 Å². The highest BCUT2D eigenvalue weighted by Gasteiger charge is 2.68. The van der Waals surface area contributed by atoms with Crippen LogP contribution in [0.1, 0.15) is 215 Å². The molecular weight excluding hydrogens is 1930 g/mol. The molecule has 0 spiro atoms. The molecule has 0 bridgehead atoms. The molecule has 14 aromatic rings. The molecule has 4 aliphatic heterocycles. The molecule has 17 heterocycles. The lowest BCUT2D eigenvalue weighted by molar-refractivity contribution is -0.192. The molecule has 4 atom stereocenters. The second-order valence-corrected chi connectivity index (χ2v) is 41.3. The molecule has 1 aromatic carbocycles. The van der Waals surface area contributed by atoms with Crippen molar-refractivity contribution in [2.45, 2.75) is 150 Å². The van der Waals surface area contributed by atoms with Gasteiger partial charge in [0.2, 0.25) is 23.8 Å². The van der Waals surface area contributed by atoms with Crippen molar-refractivity contribution in [2.75, 3.05) is 80.7 Å². The fraction of sp³-hybridized carbons (Fsp3) is 0.396. The smallest absolute Gasteiger partial charge is 0.401 e. The molecule has 13 aromatic heterocycles. The first-order chi connectivity index (χ1) is 67.7. The number of thiazole rings is 4. The number of pyridine rings is 4. The number of carbonyl (C=O) groups excluding carboxylic acids is 8. The summed E-state index contributed by atoms with van der Waals surface area (Å²) in [6.45, 7) is 19.2. The summed E-state index contributed by atoms with van der Waals surface area (Å²) >= 11 is 5.33. The van der Waals surface area contributed by atoms with Gasteiger partial charge in [0.25, 0.3) is 23.6 Å². The molecule has 34 nitrogen and oxygen atoms in total. The number of nitrogens with one attached hydrogen (secondary N) is 4. The fourth-order valence-corrected chi connectivity index (χ4v) is 20.7. The number of likely N-dealkylation sites (tertiary alicyclic amines) is 4. The zero-order chi connectivity index (χ0) is 101. The molecule has 6 aliphatic rings. The number of Topliss-reactive ketones (excluding diaryl/α,β-unsaturated/α-hetero) is 4. The maximum absolute atomic E-state index is 13.7. The van der Waals surface area contributed by atoms with Gasteiger partial charge < -0.3 is 50.0 Å². The van der Waals surface area contributed by atoms with Gasteiger partial charge in [-0.05, 0) is 153 Å². The van der Waals surface area contributed by atoms with Gasteiger partial charge in [-0.1, -0.05) is 12.1 Å². The van der Waals surface area contributed by atoms with E-state index in [0.29, 0.717) is 157 Å². The predicted molar refractivity (Wildman–Crippen MR) is 511 cm³/mol. The van der Waals surface area contributed by atoms with E-state index in [1.54, 1.807) is 84.6 Å². The summed E-state index contributed by atoms with van der Waals surface area (Å²) in [5.41, 5.74) is 2.67. The summed E-state index contributed by atoms with van der Waals surface area (Å²) in [7, 11) is 1.56. The monoisotopic (exact) mass is 2020 g/mol. The number of anilines is 4. The number of ketones is 4. The number of carbonyl (C=O) groups is 8. The molecule has 2 saturated carbocycles. The van der Waals surface area contributed by atoms with Crippen molar-refractivity contribution in [3.05, 3.63) is 216 Å². The van der Waals surface area contributed by atoms with Crippen molar-refractivity contribution >= 4 is 157 Å². The van der Waals surface area contributed by atoms with E-state index in [4.69, 9.17) is 9.15 Å². The van der Waals surface area contributed by atoms with E-state index in [9.17, 15) is 73.5 Å². The number of fused-ring (bicyclic) bond motifs is 4. The van der Waals surface area contributed by atoms with Crippen LogP contribution in [-0.2, 0) is 9.59 Å². The average molecular weight is 2020 g/mol. The van der Waals surface area contributed by atoms with Crippen molar-refractivity contribution in [3.63, 3.8) is 0 Å². The number of aryl methyl sites for hydroxylation is 4. The van der Waals surface area contributed by atoms with E-state index < -0.39 is 58.3 Å². The Morgan fingerprint density at radius 2 is 0.754 bits per heavy atom. The van der Waals surface area contributed by atoms with Gasteiger partial charge in [0.1, 0.15) is 76.7 Å². The van der Waals surface area contributed by atoms with Crippen LogP contribution in [0.25, 0.3) is 41.4 Å². The third kappa shape index (κ3) is 22.6. The fourth-order valence-electron chi connectivity index (χ4n) is 17.3. The van der Waals surface area contributed by atoms with Crippen LogP contribution in [0.4, 0.5) is 58.9 Å². The Bertz CT molecular complexity index is 7180. The number of ether oxygens (including phenoxy) is 1. The minimum atomic E-state index is -4.53. The van der Waals surface area contributed by atoms with Crippen LogP contribution in [0.2, 0.25) is 0 Å². The highest BCUT2D eigenvalue weighted by Crippen LogP contribution is 2.59. The van der Waals surface area contributed by atoms with Crippen molar-refractivity contribution in [1.82, 2.24) is 99.3 Å². The lowest BCUT2D eigenvalue weighted by Crippen LogP contribution is -2.52.